The minimum absolute atomic E-state index is 0.0440. The van der Waals surface area contributed by atoms with Crippen molar-refractivity contribution in [3.8, 4) is 5.75 Å². The molecule has 0 radical (unpaired) electrons. The molecule has 0 fully saturated rings. The fourth-order valence-electron chi connectivity index (χ4n) is 3.28. The minimum Gasteiger partial charge on any atom is -0.497 e. The van der Waals surface area contributed by atoms with Crippen molar-refractivity contribution >= 4 is 23.4 Å². The summed E-state index contributed by atoms with van der Waals surface area (Å²) in [6.45, 7) is 2.49. The molecule has 1 amide bonds. The van der Waals surface area contributed by atoms with E-state index in [1.54, 1.807) is 7.11 Å². The molecule has 0 saturated carbocycles. The molecule has 0 bridgehead atoms. The molecule has 1 unspecified atom stereocenters. The summed E-state index contributed by atoms with van der Waals surface area (Å²) >= 11 is 2.01. The first-order valence-electron chi connectivity index (χ1n) is 10.2. The Morgan fingerprint density at radius 2 is 1.80 bits per heavy atom. The van der Waals surface area contributed by atoms with Gasteiger partial charge in [-0.25, -0.2) is 4.98 Å². The zero-order valence-electron chi connectivity index (χ0n) is 17.6. The average molecular weight is 424 g/mol. The molecule has 3 aromatic rings. The molecule has 0 aliphatic rings. The van der Waals surface area contributed by atoms with Gasteiger partial charge in [0.05, 0.1) is 13.4 Å². The van der Waals surface area contributed by atoms with Crippen molar-refractivity contribution in [2.45, 2.75) is 38.0 Å². The SMILES string of the molecule is COc1ccc(CCC(Cn2ccnc2)SCCc2ccc(NC(C)=O)cc2)cc1. The van der Waals surface area contributed by atoms with Crippen LogP contribution in [0.25, 0.3) is 0 Å². The van der Waals surface area contributed by atoms with E-state index < -0.39 is 0 Å². The maximum Gasteiger partial charge on any atom is 0.221 e. The number of carbonyl (C=O) groups excluding carboxylic acids is 1. The molecule has 30 heavy (non-hydrogen) atoms. The molecule has 0 spiro atoms. The van der Waals surface area contributed by atoms with E-state index in [0.29, 0.717) is 5.25 Å². The summed E-state index contributed by atoms with van der Waals surface area (Å²) in [5.41, 5.74) is 3.46. The smallest absolute Gasteiger partial charge is 0.221 e. The van der Waals surface area contributed by atoms with Crippen molar-refractivity contribution in [1.82, 2.24) is 9.55 Å². The highest BCUT2D eigenvalue weighted by Gasteiger charge is 2.11. The van der Waals surface area contributed by atoms with Gasteiger partial charge in [0.1, 0.15) is 5.75 Å². The van der Waals surface area contributed by atoms with E-state index in [1.807, 2.05) is 54.7 Å². The van der Waals surface area contributed by atoms with E-state index in [-0.39, 0.29) is 5.91 Å². The van der Waals surface area contributed by atoms with Crippen LogP contribution in [0, 0.1) is 0 Å². The third kappa shape index (κ3) is 7.26. The van der Waals surface area contributed by atoms with Crippen molar-refractivity contribution in [3.63, 3.8) is 0 Å². The fraction of sp³-hybridized carbons (Fsp3) is 0.333. The van der Waals surface area contributed by atoms with Crippen LogP contribution in [0.1, 0.15) is 24.5 Å². The van der Waals surface area contributed by atoms with Gasteiger partial charge < -0.3 is 14.6 Å². The van der Waals surface area contributed by atoms with Crippen LogP contribution in [0.2, 0.25) is 0 Å². The number of nitrogens with zero attached hydrogens (tertiary/aromatic N) is 2. The Bertz CT molecular complexity index is 893. The summed E-state index contributed by atoms with van der Waals surface area (Å²) in [5, 5.41) is 3.32. The summed E-state index contributed by atoms with van der Waals surface area (Å²) in [6, 6.07) is 16.5. The van der Waals surface area contributed by atoms with Gasteiger partial charge in [-0.15, -0.1) is 0 Å². The van der Waals surface area contributed by atoms with Crippen LogP contribution in [-0.4, -0.2) is 33.6 Å². The number of ether oxygens (including phenoxy) is 1. The average Bonchev–Trinajstić information content (AvgIpc) is 3.26. The number of imidazole rings is 1. The van der Waals surface area contributed by atoms with Gasteiger partial charge in [-0.05, 0) is 60.4 Å². The van der Waals surface area contributed by atoms with Crippen LogP contribution in [-0.2, 0) is 24.2 Å². The van der Waals surface area contributed by atoms with Crippen LogP contribution < -0.4 is 10.1 Å². The molecule has 5 nitrogen and oxygen atoms in total. The largest absolute Gasteiger partial charge is 0.497 e. The summed E-state index contributed by atoms with van der Waals surface area (Å²) in [4.78, 5) is 15.3. The number of aryl methyl sites for hydroxylation is 2. The van der Waals surface area contributed by atoms with E-state index >= 15 is 0 Å². The number of anilines is 1. The zero-order valence-corrected chi connectivity index (χ0v) is 18.4. The Balaban J connectivity index is 1.52. The number of nitrogens with one attached hydrogen (secondary N) is 1. The summed E-state index contributed by atoms with van der Waals surface area (Å²) in [6.07, 6.45) is 8.91. The highest BCUT2D eigenvalue weighted by molar-refractivity contribution is 7.99. The number of benzene rings is 2. The second-order valence-corrected chi connectivity index (χ2v) is 8.68. The van der Waals surface area contributed by atoms with Gasteiger partial charge in [0.2, 0.25) is 5.91 Å². The Labute approximate surface area is 182 Å². The quantitative estimate of drug-likeness (QED) is 0.480. The predicted octanol–water partition coefficient (Wildman–Crippen LogP) is 4.83. The zero-order chi connectivity index (χ0) is 21.2. The normalized spacial score (nSPS) is 11.8. The van der Waals surface area contributed by atoms with Crippen LogP contribution in [0.5, 0.6) is 5.75 Å². The number of amides is 1. The molecule has 158 valence electrons. The highest BCUT2D eigenvalue weighted by Crippen LogP contribution is 2.22. The van der Waals surface area contributed by atoms with Crippen molar-refractivity contribution in [2.75, 3.05) is 18.2 Å². The highest BCUT2D eigenvalue weighted by atomic mass is 32.2. The van der Waals surface area contributed by atoms with Crippen molar-refractivity contribution < 1.29 is 9.53 Å². The van der Waals surface area contributed by atoms with E-state index in [9.17, 15) is 4.79 Å². The Morgan fingerprint density at radius 3 is 2.43 bits per heavy atom. The number of aromatic nitrogens is 2. The lowest BCUT2D eigenvalue weighted by atomic mass is 10.1. The third-order valence-electron chi connectivity index (χ3n) is 4.91. The van der Waals surface area contributed by atoms with Crippen molar-refractivity contribution in [3.05, 3.63) is 78.4 Å². The van der Waals surface area contributed by atoms with E-state index in [0.717, 1.165) is 43.0 Å². The van der Waals surface area contributed by atoms with Gasteiger partial charge in [-0.1, -0.05) is 24.3 Å². The number of rotatable bonds is 11. The lowest BCUT2D eigenvalue weighted by Crippen LogP contribution is -2.14. The minimum atomic E-state index is -0.0440. The molecule has 1 heterocycles. The summed E-state index contributed by atoms with van der Waals surface area (Å²) in [7, 11) is 1.69. The van der Waals surface area contributed by atoms with Crippen molar-refractivity contribution in [2.24, 2.45) is 0 Å². The van der Waals surface area contributed by atoms with Crippen LogP contribution in [0.15, 0.2) is 67.3 Å². The van der Waals surface area contributed by atoms with Gasteiger partial charge in [0.15, 0.2) is 0 Å². The molecule has 2 aromatic carbocycles. The van der Waals surface area contributed by atoms with E-state index in [1.165, 1.54) is 18.1 Å². The maximum atomic E-state index is 11.1. The number of hydrogen-bond donors (Lipinski definition) is 1. The van der Waals surface area contributed by atoms with E-state index in [2.05, 4.69) is 39.1 Å². The molecular formula is C24H29N3O2S. The number of carbonyl (C=O) groups is 1. The fourth-order valence-corrected chi connectivity index (χ4v) is 4.53. The molecular weight excluding hydrogens is 394 g/mol. The standard InChI is InChI=1S/C24H29N3O2S/c1-19(28)26-22-8-3-21(4-9-22)13-16-30-24(17-27-15-14-25-18-27)12-7-20-5-10-23(29-2)11-6-20/h3-6,8-11,14-15,18,24H,7,12-13,16-17H2,1-2H3,(H,26,28). The van der Waals surface area contributed by atoms with Crippen LogP contribution >= 0.6 is 11.8 Å². The topological polar surface area (TPSA) is 56.1 Å². The number of methoxy groups -OCH3 is 1. The monoisotopic (exact) mass is 423 g/mol. The molecule has 1 atom stereocenters. The second kappa shape index (κ2) is 11.5. The van der Waals surface area contributed by atoms with Crippen LogP contribution in [0.3, 0.4) is 0 Å². The van der Waals surface area contributed by atoms with Gasteiger partial charge >= 0.3 is 0 Å². The maximum absolute atomic E-state index is 11.1. The predicted molar refractivity (Wildman–Crippen MR) is 124 cm³/mol. The van der Waals surface area contributed by atoms with Gasteiger partial charge in [-0.2, -0.15) is 11.8 Å². The third-order valence-corrected chi connectivity index (χ3v) is 6.20. The Morgan fingerprint density at radius 1 is 1.10 bits per heavy atom. The number of thioether (sulfide) groups is 1. The lowest BCUT2D eigenvalue weighted by molar-refractivity contribution is -0.114. The first-order valence-corrected chi connectivity index (χ1v) is 11.2. The molecule has 1 aromatic heterocycles. The second-order valence-electron chi connectivity index (χ2n) is 7.27. The lowest BCUT2D eigenvalue weighted by Gasteiger charge is -2.17. The van der Waals surface area contributed by atoms with Gasteiger partial charge in [0.25, 0.3) is 0 Å². The van der Waals surface area contributed by atoms with Gasteiger partial charge in [0, 0.05) is 36.8 Å². The summed E-state index contributed by atoms with van der Waals surface area (Å²) in [5.74, 6) is 1.91. The van der Waals surface area contributed by atoms with Crippen LogP contribution in [0.4, 0.5) is 5.69 Å². The van der Waals surface area contributed by atoms with E-state index in [4.69, 9.17) is 4.74 Å². The molecule has 0 aliphatic carbocycles. The first-order chi connectivity index (χ1) is 14.6. The molecule has 0 aliphatic heterocycles. The summed E-state index contributed by atoms with van der Waals surface area (Å²) < 4.78 is 7.41. The molecule has 3 rings (SSSR count). The Kier molecular flexibility index (Phi) is 8.39. The Hall–Kier alpha value is -2.73. The van der Waals surface area contributed by atoms with Gasteiger partial charge in [-0.3, -0.25) is 4.79 Å². The molecule has 0 saturated heterocycles. The first kappa shape index (κ1) is 22.0. The number of hydrogen-bond acceptors (Lipinski definition) is 4. The van der Waals surface area contributed by atoms with Crippen molar-refractivity contribution in [1.29, 1.82) is 0 Å². The molecule has 6 heteroatoms. The molecule has 1 N–H and O–H groups in total.